The van der Waals surface area contributed by atoms with Gasteiger partial charge in [-0.1, -0.05) is 22.9 Å². The van der Waals surface area contributed by atoms with Crippen molar-refractivity contribution in [3.63, 3.8) is 0 Å². The van der Waals surface area contributed by atoms with Gasteiger partial charge in [-0.15, -0.1) is 0 Å². The minimum absolute atomic E-state index is 0.162. The average molecular weight is 327 g/mol. The lowest BCUT2D eigenvalue weighted by Gasteiger charge is -2.00. The first-order chi connectivity index (χ1) is 8.61. The summed E-state index contributed by atoms with van der Waals surface area (Å²) in [5.74, 6) is 0.903. The smallest absolute Gasteiger partial charge is 0.216 e. The number of hydrogen-bond acceptors (Lipinski definition) is 4. The first-order valence-electron chi connectivity index (χ1n) is 5.31. The highest BCUT2D eigenvalue weighted by atomic mass is 79.9. The fourth-order valence-corrected chi connectivity index (χ4v) is 2.00. The van der Waals surface area contributed by atoms with Crippen molar-refractivity contribution in [2.45, 2.75) is 13.3 Å². The van der Waals surface area contributed by atoms with Crippen LogP contribution in [0.3, 0.4) is 0 Å². The van der Waals surface area contributed by atoms with Gasteiger partial charge in [-0.2, -0.15) is 14.9 Å². The highest BCUT2D eigenvalue weighted by molar-refractivity contribution is 9.10. The molecule has 7 heteroatoms. The second-order valence-electron chi connectivity index (χ2n) is 3.56. The second kappa shape index (κ2) is 5.45. The summed E-state index contributed by atoms with van der Waals surface area (Å²) in [5.41, 5.74) is 0.606. The monoisotopic (exact) mass is 326 g/mol. The molecule has 0 aliphatic heterocycles. The Labute approximate surface area is 117 Å². The van der Waals surface area contributed by atoms with E-state index in [-0.39, 0.29) is 5.75 Å². The van der Waals surface area contributed by atoms with Crippen LogP contribution >= 0.6 is 28.1 Å². The third-order valence-electron chi connectivity index (χ3n) is 2.34. The lowest BCUT2D eigenvalue weighted by Crippen LogP contribution is -1.97. The van der Waals surface area contributed by atoms with Crippen LogP contribution in [0.1, 0.15) is 18.3 Å². The molecule has 18 heavy (non-hydrogen) atoms. The number of H-pyrrole nitrogens is 1. The number of phenolic OH excluding ortho intramolecular Hbond substituents is 1. The highest BCUT2D eigenvalue weighted by Gasteiger charge is 2.03. The Morgan fingerprint density at radius 2 is 2.39 bits per heavy atom. The number of aromatic hydroxyl groups is 1. The third kappa shape index (κ3) is 2.68. The van der Waals surface area contributed by atoms with Crippen molar-refractivity contribution in [1.82, 2.24) is 14.9 Å². The lowest BCUT2D eigenvalue weighted by molar-refractivity contribution is 0.474. The molecule has 1 aromatic heterocycles. The van der Waals surface area contributed by atoms with Crippen molar-refractivity contribution >= 4 is 34.4 Å². The molecule has 1 heterocycles. The number of phenols is 1. The van der Waals surface area contributed by atoms with Gasteiger partial charge < -0.3 is 5.11 Å². The second-order valence-corrected chi connectivity index (χ2v) is 4.86. The molecule has 0 radical (unpaired) electrons. The zero-order valence-electron chi connectivity index (χ0n) is 9.59. The molecule has 0 aliphatic rings. The van der Waals surface area contributed by atoms with Gasteiger partial charge in [-0.3, -0.25) is 5.10 Å². The molecular weight excluding hydrogens is 316 g/mol. The molecule has 0 atom stereocenters. The number of aromatic nitrogens is 3. The number of rotatable bonds is 3. The maximum Gasteiger partial charge on any atom is 0.216 e. The van der Waals surface area contributed by atoms with E-state index < -0.39 is 0 Å². The summed E-state index contributed by atoms with van der Waals surface area (Å²) in [6, 6.07) is 5.13. The van der Waals surface area contributed by atoms with Crippen molar-refractivity contribution in [2.75, 3.05) is 0 Å². The Balaban J connectivity index is 2.38. The maximum absolute atomic E-state index is 9.69. The van der Waals surface area contributed by atoms with E-state index in [1.165, 1.54) is 4.68 Å². The van der Waals surface area contributed by atoms with Crippen molar-refractivity contribution in [2.24, 2.45) is 5.10 Å². The van der Waals surface area contributed by atoms with E-state index >= 15 is 0 Å². The Bertz CT molecular complexity index is 647. The summed E-state index contributed by atoms with van der Waals surface area (Å²) in [5, 5.41) is 20.6. The molecule has 2 aromatic rings. The summed E-state index contributed by atoms with van der Waals surface area (Å²) >= 11 is 8.41. The van der Waals surface area contributed by atoms with Gasteiger partial charge in [0, 0.05) is 16.5 Å². The summed E-state index contributed by atoms with van der Waals surface area (Å²) < 4.78 is 2.83. The van der Waals surface area contributed by atoms with Crippen LogP contribution in [0.25, 0.3) is 0 Å². The molecule has 0 aliphatic carbocycles. The van der Waals surface area contributed by atoms with E-state index in [1.54, 1.807) is 24.4 Å². The van der Waals surface area contributed by atoms with Crippen LogP contribution in [0.4, 0.5) is 0 Å². The lowest BCUT2D eigenvalue weighted by atomic mass is 10.2. The standard InChI is InChI=1S/C11H11BrN4OS/c1-2-10-14-15-11(18)16(10)13-6-7-5-8(12)3-4-9(7)17/h3-6,17H,2H2,1H3,(H,15,18)/b13-6+. The molecule has 0 saturated heterocycles. The molecule has 0 unspecified atom stereocenters. The van der Waals surface area contributed by atoms with Gasteiger partial charge in [0.1, 0.15) is 5.75 Å². The Morgan fingerprint density at radius 1 is 1.61 bits per heavy atom. The predicted octanol–water partition coefficient (Wildman–Crippen LogP) is 2.85. The van der Waals surface area contributed by atoms with Crippen LogP contribution in [-0.2, 0) is 6.42 Å². The Kier molecular flexibility index (Phi) is 3.93. The average Bonchev–Trinajstić information content (AvgIpc) is 2.71. The third-order valence-corrected chi connectivity index (χ3v) is 3.09. The van der Waals surface area contributed by atoms with E-state index in [0.29, 0.717) is 10.3 Å². The van der Waals surface area contributed by atoms with Crippen molar-refractivity contribution in [1.29, 1.82) is 0 Å². The van der Waals surface area contributed by atoms with E-state index in [4.69, 9.17) is 12.2 Å². The number of halogens is 1. The van der Waals surface area contributed by atoms with Gasteiger partial charge in [0.2, 0.25) is 4.77 Å². The summed E-state index contributed by atoms with van der Waals surface area (Å²) in [4.78, 5) is 0. The summed E-state index contributed by atoms with van der Waals surface area (Å²) in [6.45, 7) is 1.97. The van der Waals surface area contributed by atoms with Crippen molar-refractivity contribution < 1.29 is 5.11 Å². The number of aromatic amines is 1. The number of nitrogens with one attached hydrogen (secondary N) is 1. The van der Waals surface area contributed by atoms with Crippen LogP contribution in [0.5, 0.6) is 5.75 Å². The quantitative estimate of drug-likeness (QED) is 0.673. The van der Waals surface area contributed by atoms with E-state index in [9.17, 15) is 5.11 Å². The molecule has 94 valence electrons. The van der Waals surface area contributed by atoms with Gasteiger partial charge in [0.15, 0.2) is 5.82 Å². The highest BCUT2D eigenvalue weighted by Crippen LogP contribution is 2.20. The van der Waals surface area contributed by atoms with Gasteiger partial charge in [-0.05, 0) is 30.4 Å². The first-order valence-corrected chi connectivity index (χ1v) is 6.51. The number of aryl methyl sites for hydroxylation is 1. The van der Waals surface area contributed by atoms with Gasteiger partial charge in [0.25, 0.3) is 0 Å². The molecule has 0 fully saturated rings. The van der Waals surface area contributed by atoms with Gasteiger partial charge >= 0.3 is 0 Å². The normalized spacial score (nSPS) is 11.2. The van der Waals surface area contributed by atoms with Crippen LogP contribution in [0.2, 0.25) is 0 Å². The van der Waals surface area contributed by atoms with Gasteiger partial charge in [-0.25, -0.2) is 0 Å². The minimum Gasteiger partial charge on any atom is -0.507 e. The van der Waals surface area contributed by atoms with Crippen LogP contribution in [0, 0.1) is 4.77 Å². The molecule has 2 N–H and O–H groups in total. The minimum atomic E-state index is 0.162. The molecule has 0 amide bonds. The molecule has 0 bridgehead atoms. The van der Waals surface area contributed by atoms with Crippen LogP contribution < -0.4 is 0 Å². The molecule has 0 saturated carbocycles. The maximum atomic E-state index is 9.69. The Morgan fingerprint density at radius 3 is 3.11 bits per heavy atom. The number of benzene rings is 1. The van der Waals surface area contributed by atoms with E-state index in [1.807, 2.05) is 6.92 Å². The zero-order chi connectivity index (χ0) is 13.1. The molecule has 0 spiro atoms. The van der Waals surface area contributed by atoms with Crippen LogP contribution in [0.15, 0.2) is 27.8 Å². The fraction of sp³-hybridized carbons (Fsp3) is 0.182. The summed E-state index contributed by atoms with van der Waals surface area (Å²) in [7, 11) is 0. The topological polar surface area (TPSA) is 66.2 Å². The van der Waals surface area contributed by atoms with Gasteiger partial charge in [0.05, 0.1) is 6.21 Å². The molecule has 5 nitrogen and oxygen atoms in total. The first kappa shape index (κ1) is 13.0. The molecule has 2 rings (SSSR count). The van der Waals surface area contributed by atoms with Crippen molar-refractivity contribution in [3.8, 4) is 5.75 Å². The predicted molar refractivity (Wildman–Crippen MR) is 75.6 cm³/mol. The molecule has 1 aromatic carbocycles. The zero-order valence-corrected chi connectivity index (χ0v) is 12.0. The number of nitrogens with zero attached hydrogens (tertiary/aromatic N) is 3. The fourth-order valence-electron chi connectivity index (χ4n) is 1.42. The Hall–Kier alpha value is -1.47. The molecular formula is C11H11BrN4OS. The largest absolute Gasteiger partial charge is 0.507 e. The SMILES string of the molecule is CCc1n[nH]c(=S)n1/N=C/c1cc(Br)ccc1O. The van der Waals surface area contributed by atoms with Crippen molar-refractivity contribution in [3.05, 3.63) is 38.8 Å². The number of hydrogen-bond donors (Lipinski definition) is 2. The summed E-state index contributed by atoms with van der Waals surface area (Å²) in [6.07, 6.45) is 2.26. The van der Waals surface area contributed by atoms with E-state index in [0.717, 1.165) is 16.7 Å². The van der Waals surface area contributed by atoms with Crippen LogP contribution in [-0.4, -0.2) is 26.2 Å². The van der Waals surface area contributed by atoms with E-state index in [2.05, 4.69) is 31.2 Å².